The number of anilines is 1. The maximum absolute atomic E-state index is 13.5. The van der Waals surface area contributed by atoms with Gasteiger partial charge >= 0.3 is 0 Å². The second kappa shape index (κ2) is 5.59. The van der Waals surface area contributed by atoms with Crippen LogP contribution in [-0.2, 0) is 4.79 Å². The molecule has 1 aliphatic heterocycles. The summed E-state index contributed by atoms with van der Waals surface area (Å²) in [6.45, 7) is 2.24. The van der Waals surface area contributed by atoms with Crippen molar-refractivity contribution < 1.29 is 18.1 Å². The number of benzene rings is 1. The molecule has 2 aromatic heterocycles. The fourth-order valence-corrected chi connectivity index (χ4v) is 2.89. The molecule has 0 spiro atoms. The third-order valence-electron chi connectivity index (χ3n) is 4.13. The van der Waals surface area contributed by atoms with Crippen molar-refractivity contribution in [1.29, 1.82) is 0 Å². The highest BCUT2D eigenvalue weighted by atomic mass is 19.1. The number of nitrogens with zero attached hydrogens (tertiary/aromatic N) is 3. The van der Waals surface area contributed by atoms with Crippen LogP contribution in [0.4, 0.5) is 10.1 Å². The third-order valence-corrected chi connectivity index (χ3v) is 4.13. The number of carbonyl (C=O) groups excluding carboxylic acids is 1. The molecule has 122 valence electrons. The summed E-state index contributed by atoms with van der Waals surface area (Å²) < 4.78 is 23.9. The highest BCUT2D eigenvalue weighted by Crippen LogP contribution is 2.33. The fourth-order valence-electron chi connectivity index (χ4n) is 2.89. The molecule has 1 amide bonds. The lowest BCUT2D eigenvalue weighted by molar-refractivity contribution is -0.117. The molecule has 1 aliphatic rings. The van der Waals surface area contributed by atoms with E-state index in [0.29, 0.717) is 23.8 Å². The van der Waals surface area contributed by atoms with E-state index in [1.54, 1.807) is 23.1 Å². The largest absolute Gasteiger partial charge is 0.459 e. The lowest BCUT2D eigenvalue weighted by Crippen LogP contribution is -2.25. The number of aromatic nitrogens is 2. The predicted octanol–water partition coefficient (Wildman–Crippen LogP) is 3.30. The van der Waals surface area contributed by atoms with E-state index in [2.05, 4.69) is 10.1 Å². The maximum atomic E-state index is 13.5. The molecule has 3 heterocycles. The summed E-state index contributed by atoms with van der Waals surface area (Å²) in [7, 11) is 0. The summed E-state index contributed by atoms with van der Waals surface area (Å²) in [5.41, 5.74) is 1.42. The van der Waals surface area contributed by atoms with Gasteiger partial charge in [0, 0.05) is 24.6 Å². The van der Waals surface area contributed by atoms with Crippen LogP contribution < -0.4 is 4.90 Å². The van der Waals surface area contributed by atoms with Crippen LogP contribution in [0, 0.1) is 12.7 Å². The zero-order chi connectivity index (χ0) is 16.7. The van der Waals surface area contributed by atoms with Gasteiger partial charge in [-0.15, -0.1) is 0 Å². The van der Waals surface area contributed by atoms with E-state index in [1.165, 1.54) is 18.4 Å². The van der Waals surface area contributed by atoms with E-state index in [9.17, 15) is 9.18 Å². The van der Waals surface area contributed by atoms with Gasteiger partial charge in [-0.2, -0.15) is 4.98 Å². The summed E-state index contributed by atoms with van der Waals surface area (Å²) in [6, 6.07) is 7.87. The van der Waals surface area contributed by atoms with Gasteiger partial charge in [-0.05, 0) is 36.8 Å². The Morgan fingerprint density at radius 1 is 1.33 bits per heavy atom. The molecule has 0 radical (unpaired) electrons. The highest BCUT2D eigenvalue weighted by molar-refractivity contribution is 5.97. The van der Waals surface area contributed by atoms with Crippen molar-refractivity contribution in [1.82, 2.24) is 10.1 Å². The van der Waals surface area contributed by atoms with Crippen molar-refractivity contribution in [3.05, 3.63) is 53.8 Å². The van der Waals surface area contributed by atoms with Crippen molar-refractivity contribution in [2.45, 2.75) is 19.3 Å². The summed E-state index contributed by atoms with van der Waals surface area (Å²) in [6.07, 6.45) is 1.78. The average molecular weight is 327 g/mol. The van der Waals surface area contributed by atoms with Gasteiger partial charge in [-0.1, -0.05) is 11.2 Å². The van der Waals surface area contributed by atoms with Crippen LogP contribution >= 0.6 is 0 Å². The lowest BCUT2D eigenvalue weighted by atomic mass is 10.1. The van der Waals surface area contributed by atoms with Crippen LogP contribution in [0.1, 0.15) is 23.7 Å². The van der Waals surface area contributed by atoms with Crippen LogP contribution in [0.25, 0.3) is 11.7 Å². The lowest BCUT2D eigenvalue weighted by Gasteiger charge is -2.18. The molecule has 1 atom stereocenters. The molecule has 0 N–H and O–H groups in total. The standard InChI is InChI=1S/C17H14FN3O3/c1-10-4-5-12(18)8-13(10)21-9-11(7-15(21)22)16-19-17(24-20-16)14-3-2-6-23-14/h2-6,8,11H,7,9H2,1H3. The Kier molecular flexibility index (Phi) is 3.41. The van der Waals surface area contributed by atoms with Gasteiger partial charge in [-0.25, -0.2) is 4.39 Å². The number of aryl methyl sites for hydroxylation is 1. The molecule has 0 saturated carbocycles. The van der Waals surface area contributed by atoms with E-state index in [0.717, 1.165) is 5.56 Å². The van der Waals surface area contributed by atoms with Crippen molar-refractivity contribution >= 4 is 11.6 Å². The first kappa shape index (κ1) is 14.6. The van der Waals surface area contributed by atoms with Crippen molar-refractivity contribution in [3.63, 3.8) is 0 Å². The van der Waals surface area contributed by atoms with E-state index >= 15 is 0 Å². The molecule has 1 fully saturated rings. The van der Waals surface area contributed by atoms with Gasteiger partial charge < -0.3 is 13.8 Å². The van der Waals surface area contributed by atoms with Gasteiger partial charge in [0.1, 0.15) is 5.82 Å². The zero-order valence-electron chi connectivity index (χ0n) is 12.9. The van der Waals surface area contributed by atoms with Crippen LogP contribution in [-0.4, -0.2) is 22.6 Å². The smallest absolute Gasteiger partial charge is 0.293 e. The van der Waals surface area contributed by atoms with E-state index < -0.39 is 0 Å². The number of hydrogen-bond acceptors (Lipinski definition) is 5. The van der Waals surface area contributed by atoms with E-state index in [1.807, 2.05) is 6.92 Å². The Morgan fingerprint density at radius 2 is 2.21 bits per heavy atom. The minimum Gasteiger partial charge on any atom is -0.459 e. The summed E-state index contributed by atoms with van der Waals surface area (Å²) in [5, 5.41) is 3.96. The molecule has 4 rings (SSSR count). The molecule has 1 saturated heterocycles. The highest BCUT2D eigenvalue weighted by Gasteiger charge is 2.35. The number of hydrogen-bond donors (Lipinski definition) is 0. The SMILES string of the molecule is Cc1ccc(F)cc1N1CC(c2noc(-c3ccco3)n2)CC1=O. The Bertz CT molecular complexity index is 888. The topological polar surface area (TPSA) is 72.4 Å². The van der Waals surface area contributed by atoms with Gasteiger partial charge in [0.25, 0.3) is 5.89 Å². The summed E-state index contributed by atoms with van der Waals surface area (Å²) in [4.78, 5) is 18.2. The molecular weight excluding hydrogens is 313 g/mol. The van der Waals surface area contributed by atoms with Crippen LogP contribution in [0.2, 0.25) is 0 Å². The quantitative estimate of drug-likeness (QED) is 0.738. The fraction of sp³-hybridized carbons (Fsp3) is 0.235. The predicted molar refractivity (Wildman–Crippen MR) is 82.8 cm³/mol. The average Bonchev–Trinajstić information content (AvgIpc) is 3.28. The normalized spacial score (nSPS) is 17.7. The number of halogens is 1. The van der Waals surface area contributed by atoms with Gasteiger partial charge in [0.05, 0.1) is 6.26 Å². The van der Waals surface area contributed by atoms with Crippen molar-refractivity contribution in [3.8, 4) is 11.7 Å². The van der Waals surface area contributed by atoms with Crippen molar-refractivity contribution in [2.24, 2.45) is 0 Å². The molecule has 1 aromatic carbocycles. The molecule has 24 heavy (non-hydrogen) atoms. The Hall–Kier alpha value is -2.96. The second-order valence-corrected chi connectivity index (χ2v) is 5.77. The van der Waals surface area contributed by atoms with Gasteiger partial charge in [0.2, 0.25) is 5.91 Å². The number of carbonyl (C=O) groups is 1. The number of rotatable bonds is 3. The molecule has 1 unspecified atom stereocenters. The number of amides is 1. The Balaban J connectivity index is 1.59. The minimum absolute atomic E-state index is 0.0851. The zero-order valence-corrected chi connectivity index (χ0v) is 12.9. The molecule has 0 bridgehead atoms. The Morgan fingerprint density at radius 3 is 3.00 bits per heavy atom. The first-order chi connectivity index (χ1) is 11.6. The first-order valence-electron chi connectivity index (χ1n) is 7.56. The van der Waals surface area contributed by atoms with Crippen LogP contribution in [0.5, 0.6) is 0 Å². The summed E-state index contributed by atoms with van der Waals surface area (Å²) >= 11 is 0. The molecule has 6 nitrogen and oxygen atoms in total. The molecule has 3 aromatic rings. The second-order valence-electron chi connectivity index (χ2n) is 5.77. The molecule has 7 heteroatoms. The third kappa shape index (κ3) is 2.47. The Labute approximate surface area is 136 Å². The van der Waals surface area contributed by atoms with Crippen molar-refractivity contribution in [2.75, 3.05) is 11.4 Å². The van der Waals surface area contributed by atoms with Crippen LogP contribution in [0.3, 0.4) is 0 Å². The van der Waals surface area contributed by atoms with Gasteiger partial charge in [0.15, 0.2) is 11.6 Å². The van der Waals surface area contributed by atoms with Gasteiger partial charge in [-0.3, -0.25) is 4.79 Å². The monoisotopic (exact) mass is 327 g/mol. The molecular formula is C17H14FN3O3. The maximum Gasteiger partial charge on any atom is 0.293 e. The number of furan rings is 1. The van der Waals surface area contributed by atoms with E-state index in [4.69, 9.17) is 8.94 Å². The summed E-state index contributed by atoms with van der Waals surface area (Å²) in [5.74, 6) is 0.558. The first-order valence-corrected chi connectivity index (χ1v) is 7.56. The van der Waals surface area contributed by atoms with E-state index in [-0.39, 0.29) is 30.0 Å². The molecule has 0 aliphatic carbocycles. The van der Waals surface area contributed by atoms with Crippen LogP contribution in [0.15, 0.2) is 45.5 Å². The minimum atomic E-state index is -0.369.